The molecular weight excluding hydrogens is 225 g/mol. The fraction of sp³-hybridized carbons (Fsp3) is 0.273. The molecule has 0 aliphatic rings. The lowest BCUT2D eigenvalue weighted by molar-refractivity contribution is 0.141. The maximum Gasteiger partial charge on any atom is 0.256 e. The number of hydrogen-bond acceptors (Lipinski definition) is 5. The quantitative estimate of drug-likeness (QED) is 0.821. The first-order chi connectivity index (χ1) is 8.19. The highest BCUT2D eigenvalue weighted by molar-refractivity contribution is 5.19. The number of nitrogens with two attached hydrogens (primary N) is 1. The number of benzene rings is 1. The lowest BCUT2D eigenvalue weighted by Gasteiger charge is -1.98. The number of aliphatic hydroxyl groups excluding tert-OH is 1. The fourth-order valence-corrected chi connectivity index (χ4v) is 1.36. The van der Waals surface area contributed by atoms with Crippen LogP contribution in [0.15, 0.2) is 28.8 Å². The molecule has 1 aromatic carbocycles. The van der Waals surface area contributed by atoms with Gasteiger partial charge in [0.25, 0.3) is 5.89 Å². The van der Waals surface area contributed by atoms with Gasteiger partial charge in [0.2, 0.25) is 0 Å². The predicted octanol–water partition coefficient (Wildman–Crippen LogP) is 0.792. The molecule has 0 aliphatic carbocycles. The lowest BCUT2D eigenvalue weighted by atomic mass is 10.1. The Kier molecular flexibility index (Phi) is 3.46. The monoisotopic (exact) mass is 237 g/mol. The van der Waals surface area contributed by atoms with Gasteiger partial charge in [0.15, 0.2) is 5.82 Å². The summed E-state index contributed by atoms with van der Waals surface area (Å²) in [6.07, 6.45) is -0.523. The lowest BCUT2D eigenvalue weighted by Crippen LogP contribution is -2.11. The SMILES string of the molecule is NCC(O)c1nc(Cc2ccc(F)cc2)no1. The normalized spacial score (nSPS) is 12.6. The topological polar surface area (TPSA) is 85.2 Å². The van der Waals surface area contributed by atoms with Crippen LogP contribution in [0.1, 0.15) is 23.4 Å². The van der Waals surface area contributed by atoms with E-state index >= 15 is 0 Å². The number of aliphatic hydroxyl groups is 1. The van der Waals surface area contributed by atoms with E-state index in [4.69, 9.17) is 10.3 Å². The van der Waals surface area contributed by atoms with E-state index < -0.39 is 6.10 Å². The molecule has 0 bridgehead atoms. The van der Waals surface area contributed by atoms with Crippen molar-refractivity contribution in [3.8, 4) is 0 Å². The molecule has 6 heteroatoms. The molecule has 90 valence electrons. The molecule has 0 fully saturated rings. The van der Waals surface area contributed by atoms with Crippen LogP contribution < -0.4 is 5.73 Å². The van der Waals surface area contributed by atoms with Gasteiger partial charge < -0.3 is 15.4 Å². The first-order valence-corrected chi connectivity index (χ1v) is 5.14. The van der Waals surface area contributed by atoms with E-state index in [2.05, 4.69) is 10.1 Å². The Morgan fingerprint density at radius 1 is 1.35 bits per heavy atom. The second-order valence-corrected chi connectivity index (χ2v) is 3.60. The van der Waals surface area contributed by atoms with E-state index in [0.29, 0.717) is 12.2 Å². The molecule has 3 N–H and O–H groups in total. The summed E-state index contributed by atoms with van der Waals surface area (Å²) in [4.78, 5) is 4.00. The maximum absolute atomic E-state index is 12.7. The average Bonchev–Trinajstić information content (AvgIpc) is 2.80. The third-order valence-electron chi connectivity index (χ3n) is 2.27. The van der Waals surface area contributed by atoms with E-state index in [0.717, 1.165) is 5.56 Å². The summed E-state index contributed by atoms with van der Waals surface area (Å²) in [5.41, 5.74) is 6.13. The van der Waals surface area contributed by atoms with Crippen molar-refractivity contribution in [2.45, 2.75) is 12.5 Å². The molecule has 5 nitrogen and oxygen atoms in total. The molecule has 2 aromatic rings. The summed E-state index contributed by atoms with van der Waals surface area (Å²) in [5, 5.41) is 13.1. The van der Waals surface area contributed by atoms with Crippen LogP contribution in [-0.2, 0) is 6.42 Å². The minimum Gasteiger partial charge on any atom is -0.382 e. The largest absolute Gasteiger partial charge is 0.382 e. The predicted molar refractivity (Wildman–Crippen MR) is 57.5 cm³/mol. The molecule has 1 aromatic heterocycles. The van der Waals surface area contributed by atoms with Crippen molar-refractivity contribution in [3.63, 3.8) is 0 Å². The van der Waals surface area contributed by atoms with Gasteiger partial charge in [-0.15, -0.1) is 0 Å². The first kappa shape index (κ1) is 11.7. The van der Waals surface area contributed by atoms with E-state index in [1.54, 1.807) is 12.1 Å². The highest BCUT2D eigenvalue weighted by atomic mass is 19.1. The Bertz CT molecular complexity index is 484. The summed E-state index contributed by atoms with van der Waals surface area (Å²) in [6.45, 7) is 0.0260. The highest BCUT2D eigenvalue weighted by Crippen LogP contribution is 2.11. The Hall–Kier alpha value is -1.79. The standard InChI is InChI=1S/C11H12FN3O2/c12-8-3-1-7(2-4-8)5-10-14-11(17-15-10)9(16)6-13/h1-4,9,16H,5-6,13H2. The molecule has 2 rings (SSSR count). The molecule has 0 saturated carbocycles. The third kappa shape index (κ3) is 2.86. The van der Waals surface area contributed by atoms with Crippen molar-refractivity contribution in [1.82, 2.24) is 10.1 Å². The van der Waals surface area contributed by atoms with Gasteiger partial charge in [-0.1, -0.05) is 17.3 Å². The van der Waals surface area contributed by atoms with Gasteiger partial charge in [-0.3, -0.25) is 0 Å². The van der Waals surface area contributed by atoms with Crippen molar-refractivity contribution in [2.75, 3.05) is 6.54 Å². The van der Waals surface area contributed by atoms with Crippen LogP contribution in [0.25, 0.3) is 0 Å². The smallest absolute Gasteiger partial charge is 0.256 e. The highest BCUT2D eigenvalue weighted by Gasteiger charge is 2.14. The van der Waals surface area contributed by atoms with Crippen molar-refractivity contribution in [1.29, 1.82) is 0 Å². The van der Waals surface area contributed by atoms with Crippen LogP contribution >= 0.6 is 0 Å². The number of halogens is 1. The van der Waals surface area contributed by atoms with Crippen molar-refractivity contribution >= 4 is 0 Å². The minimum atomic E-state index is -0.940. The van der Waals surface area contributed by atoms with E-state index in [1.807, 2.05) is 0 Å². The van der Waals surface area contributed by atoms with E-state index in [9.17, 15) is 9.50 Å². The van der Waals surface area contributed by atoms with Crippen LogP contribution in [0, 0.1) is 5.82 Å². The third-order valence-corrected chi connectivity index (χ3v) is 2.27. The van der Waals surface area contributed by atoms with Gasteiger partial charge >= 0.3 is 0 Å². The van der Waals surface area contributed by atoms with E-state index in [-0.39, 0.29) is 18.3 Å². The van der Waals surface area contributed by atoms with Gasteiger partial charge in [0.1, 0.15) is 11.9 Å². The molecule has 1 unspecified atom stereocenters. The Morgan fingerprint density at radius 3 is 2.71 bits per heavy atom. The van der Waals surface area contributed by atoms with Crippen molar-refractivity contribution < 1.29 is 14.0 Å². The second-order valence-electron chi connectivity index (χ2n) is 3.60. The van der Waals surface area contributed by atoms with Crippen LogP contribution in [-0.4, -0.2) is 21.8 Å². The van der Waals surface area contributed by atoms with Crippen molar-refractivity contribution in [3.05, 3.63) is 47.4 Å². The number of nitrogens with zero attached hydrogens (tertiary/aromatic N) is 2. The molecule has 1 atom stereocenters. The average molecular weight is 237 g/mol. The van der Waals surface area contributed by atoms with Gasteiger partial charge in [-0.05, 0) is 17.7 Å². The Morgan fingerprint density at radius 2 is 2.06 bits per heavy atom. The zero-order chi connectivity index (χ0) is 12.3. The van der Waals surface area contributed by atoms with Crippen LogP contribution in [0.2, 0.25) is 0 Å². The van der Waals surface area contributed by atoms with Gasteiger partial charge in [0, 0.05) is 13.0 Å². The number of hydrogen-bond donors (Lipinski definition) is 2. The molecule has 17 heavy (non-hydrogen) atoms. The summed E-state index contributed by atoms with van der Waals surface area (Å²) >= 11 is 0. The summed E-state index contributed by atoms with van der Waals surface area (Å²) in [6, 6.07) is 6.02. The van der Waals surface area contributed by atoms with Crippen LogP contribution in [0.5, 0.6) is 0 Å². The zero-order valence-electron chi connectivity index (χ0n) is 9.01. The molecule has 0 radical (unpaired) electrons. The van der Waals surface area contributed by atoms with Crippen LogP contribution in [0.3, 0.4) is 0 Å². The Balaban J connectivity index is 2.08. The van der Waals surface area contributed by atoms with Gasteiger partial charge in [-0.25, -0.2) is 4.39 Å². The molecule has 0 aliphatic heterocycles. The second kappa shape index (κ2) is 5.03. The minimum absolute atomic E-state index is 0.0260. The molecule has 0 amide bonds. The van der Waals surface area contributed by atoms with Crippen LogP contribution in [0.4, 0.5) is 4.39 Å². The first-order valence-electron chi connectivity index (χ1n) is 5.14. The van der Waals surface area contributed by atoms with Crippen molar-refractivity contribution in [2.24, 2.45) is 5.73 Å². The summed E-state index contributed by atoms with van der Waals surface area (Å²) in [7, 11) is 0. The summed E-state index contributed by atoms with van der Waals surface area (Å²) in [5.74, 6) is 0.241. The maximum atomic E-state index is 12.7. The van der Waals surface area contributed by atoms with Gasteiger partial charge in [0.05, 0.1) is 0 Å². The molecule has 0 saturated heterocycles. The number of aromatic nitrogens is 2. The zero-order valence-corrected chi connectivity index (χ0v) is 9.01. The molecule has 0 spiro atoms. The fourth-order valence-electron chi connectivity index (χ4n) is 1.36. The molecular formula is C11H12FN3O2. The van der Waals surface area contributed by atoms with Gasteiger partial charge in [-0.2, -0.15) is 4.98 Å². The molecule has 1 heterocycles. The summed E-state index contributed by atoms with van der Waals surface area (Å²) < 4.78 is 17.5. The Labute approximate surface area is 97.1 Å². The number of rotatable bonds is 4. The van der Waals surface area contributed by atoms with E-state index in [1.165, 1.54) is 12.1 Å².